The fraction of sp³-hybridized carbons (Fsp3) is 0.250. The van der Waals surface area contributed by atoms with E-state index in [9.17, 15) is 13.2 Å². The summed E-state index contributed by atoms with van der Waals surface area (Å²) in [5.41, 5.74) is 0. The normalized spacial score (nSPS) is 12.3. The Morgan fingerprint density at radius 1 is 1.10 bits per heavy atom. The average molecular weight is 494 g/mol. The molecule has 6 nitrogen and oxygen atoms in total. The van der Waals surface area contributed by atoms with Gasteiger partial charge in [0.25, 0.3) is 0 Å². The van der Waals surface area contributed by atoms with E-state index < -0.39 is 21.9 Å². The number of rotatable bonds is 10. The van der Waals surface area contributed by atoms with Gasteiger partial charge in [-0.3, -0.25) is 4.79 Å². The quantitative estimate of drug-likeness (QED) is 0.350. The van der Waals surface area contributed by atoms with Crippen molar-refractivity contribution in [1.29, 1.82) is 0 Å². The highest BCUT2D eigenvalue weighted by atomic mass is 35.5. The second-order valence-electron chi connectivity index (χ2n) is 5.99. The number of alkyl halides is 1. The molecule has 2 aromatic rings. The first kappa shape index (κ1) is 24.6. The van der Waals surface area contributed by atoms with Crippen molar-refractivity contribution in [2.75, 3.05) is 19.1 Å². The van der Waals surface area contributed by atoms with Crippen molar-refractivity contribution in [3.05, 3.63) is 59.8 Å². The third kappa shape index (κ3) is 6.41. The number of hydrogen-bond donors (Lipinski definition) is 0. The molecule has 0 saturated carbocycles. The van der Waals surface area contributed by atoms with E-state index in [1.165, 1.54) is 49.7 Å². The SMILES string of the molecule is [CH2][CH]COc1c(Cl)cc(S(=O)(=O)c2ccc(OC[C@@H](CCl)OC(C)=O)cc2)cc1Cl. The Balaban J connectivity index is 2.18. The van der Waals surface area contributed by atoms with Crippen molar-refractivity contribution in [2.45, 2.75) is 22.8 Å². The van der Waals surface area contributed by atoms with Crippen LogP contribution in [0.25, 0.3) is 0 Å². The summed E-state index contributed by atoms with van der Waals surface area (Å²) in [4.78, 5) is 10.9. The third-order valence-electron chi connectivity index (χ3n) is 3.70. The van der Waals surface area contributed by atoms with Crippen LogP contribution in [0.2, 0.25) is 10.0 Å². The molecular formula is C20H19Cl3O6S. The molecule has 0 aliphatic heterocycles. The highest BCUT2D eigenvalue weighted by Crippen LogP contribution is 2.37. The number of carbonyl (C=O) groups is 1. The molecule has 0 unspecified atom stereocenters. The van der Waals surface area contributed by atoms with Gasteiger partial charge in [-0.25, -0.2) is 8.42 Å². The van der Waals surface area contributed by atoms with Crippen molar-refractivity contribution >= 4 is 50.6 Å². The van der Waals surface area contributed by atoms with Crippen LogP contribution in [0, 0.1) is 13.3 Å². The van der Waals surface area contributed by atoms with E-state index in [1.54, 1.807) is 0 Å². The minimum Gasteiger partial charge on any atom is -0.490 e. The summed E-state index contributed by atoms with van der Waals surface area (Å²) in [5, 5.41) is 0.140. The maximum absolute atomic E-state index is 12.9. The predicted octanol–water partition coefficient (Wildman–Crippen LogP) is 4.79. The molecule has 0 fully saturated rings. The molecule has 0 N–H and O–H groups in total. The van der Waals surface area contributed by atoms with E-state index in [1.807, 2.05) is 0 Å². The van der Waals surface area contributed by atoms with Gasteiger partial charge in [0.05, 0.1) is 32.3 Å². The highest BCUT2D eigenvalue weighted by Gasteiger charge is 2.22. The number of sulfone groups is 1. The van der Waals surface area contributed by atoms with Gasteiger partial charge in [-0.15, -0.1) is 11.6 Å². The summed E-state index contributed by atoms with van der Waals surface area (Å²) < 4.78 is 41.7. The summed E-state index contributed by atoms with van der Waals surface area (Å²) in [5.74, 6) is 0.173. The van der Waals surface area contributed by atoms with Crippen molar-refractivity contribution in [3.8, 4) is 11.5 Å². The Morgan fingerprint density at radius 2 is 1.70 bits per heavy atom. The van der Waals surface area contributed by atoms with Gasteiger partial charge in [0.1, 0.15) is 18.5 Å². The zero-order valence-electron chi connectivity index (χ0n) is 15.9. The monoisotopic (exact) mass is 492 g/mol. The minimum absolute atomic E-state index is 0.0237. The van der Waals surface area contributed by atoms with Crippen LogP contribution in [-0.2, 0) is 19.4 Å². The standard InChI is InChI=1S/C20H19Cl3O6S/c1-3-8-27-20-18(22)9-17(10-19(20)23)30(25,26)16-6-4-14(5-7-16)28-12-15(11-21)29-13(2)24/h3-7,9-10,15H,1,8,11-12H2,2H3/t15-/m1/s1. The molecule has 0 saturated heterocycles. The summed E-state index contributed by atoms with van der Waals surface area (Å²) in [6, 6.07) is 8.28. The lowest BCUT2D eigenvalue weighted by molar-refractivity contribution is -0.146. The Kier molecular flexibility index (Phi) is 9.09. The Labute approximate surface area is 190 Å². The van der Waals surface area contributed by atoms with Crippen molar-refractivity contribution in [1.82, 2.24) is 0 Å². The number of esters is 1. The predicted molar refractivity (Wildman–Crippen MR) is 115 cm³/mol. The highest BCUT2D eigenvalue weighted by molar-refractivity contribution is 7.91. The molecule has 0 bridgehead atoms. The van der Waals surface area contributed by atoms with E-state index in [0.717, 1.165) is 0 Å². The summed E-state index contributed by atoms with van der Waals surface area (Å²) in [6.45, 7) is 5.02. The van der Waals surface area contributed by atoms with Gasteiger partial charge in [-0.1, -0.05) is 23.2 Å². The number of benzene rings is 2. The summed E-state index contributed by atoms with van der Waals surface area (Å²) in [7, 11) is -3.88. The minimum atomic E-state index is -3.88. The van der Waals surface area contributed by atoms with Crippen LogP contribution in [0.1, 0.15) is 6.92 Å². The zero-order valence-corrected chi connectivity index (χ0v) is 19.0. The zero-order chi connectivity index (χ0) is 22.3. The van der Waals surface area contributed by atoms with Crippen LogP contribution < -0.4 is 9.47 Å². The van der Waals surface area contributed by atoms with E-state index in [2.05, 4.69) is 6.92 Å². The second kappa shape index (κ2) is 11.1. The molecule has 2 radical (unpaired) electrons. The maximum Gasteiger partial charge on any atom is 0.303 e. The van der Waals surface area contributed by atoms with Crippen molar-refractivity contribution < 1.29 is 27.4 Å². The topological polar surface area (TPSA) is 78.9 Å². The van der Waals surface area contributed by atoms with Crippen LogP contribution >= 0.6 is 34.8 Å². The first-order valence-electron chi connectivity index (χ1n) is 8.63. The smallest absolute Gasteiger partial charge is 0.303 e. The van der Waals surface area contributed by atoms with Gasteiger partial charge < -0.3 is 14.2 Å². The molecule has 10 heteroatoms. The van der Waals surface area contributed by atoms with Crippen LogP contribution in [0.15, 0.2) is 46.2 Å². The number of ether oxygens (including phenoxy) is 3. The van der Waals surface area contributed by atoms with Gasteiger partial charge in [0.15, 0.2) is 5.75 Å². The Bertz CT molecular complexity index is 954. The Hall–Kier alpha value is -1.67. The molecule has 2 rings (SSSR count). The summed E-state index contributed by atoms with van der Waals surface area (Å²) in [6.07, 6.45) is 0.904. The van der Waals surface area contributed by atoms with Crippen molar-refractivity contribution in [3.63, 3.8) is 0 Å². The fourth-order valence-electron chi connectivity index (χ4n) is 2.36. The van der Waals surface area contributed by atoms with Gasteiger partial charge in [0, 0.05) is 6.92 Å². The molecule has 1 atom stereocenters. The molecule has 0 spiro atoms. The van der Waals surface area contributed by atoms with Gasteiger partial charge in [0.2, 0.25) is 9.84 Å². The number of halogens is 3. The lowest BCUT2D eigenvalue weighted by atomic mass is 10.3. The number of carbonyl (C=O) groups excluding carboxylic acids is 1. The molecular weight excluding hydrogens is 475 g/mol. The molecule has 0 amide bonds. The largest absolute Gasteiger partial charge is 0.490 e. The van der Waals surface area contributed by atoms with Crippen LogP contribution in [0.3, 0.4) is 0 Å². The van der Waals surface area contributed by atoms with E-state index >= 15 is 0 Å². The molecule has 2 aromatic carbocycles. The van der Waals surface area contributed by atoms with Gasteiger partial charge in [-0.05, 0) is 49.7 Å². The summed E-state index contributed by atoms with van der Waals surface area (Å²) >= 11 is 18.0. The first-order valence-corrected chi connectivity index (χ1v) is 11.4. The van der Waals surface area contributed by atoms with E-state index in [-0.39, 0.29) is 44.7 Å². The molecule has 0 aliphatic carbocycles. The molecule has 0 aromatic heterocycles. The lowest BCUT2D eigenvalue weighted by Gasteiger charge is -2.15. The van der Waals surface area contributed by atoms with Crippen molar-refractivity contribution in [2.24, 2.45) is 0 Å². The van der Waals surface area contributed by atoms with Gasteiger partial charge in [-0.2, -0.15) is 0 Å². The van der Waals surface area contributed by atoms with E-state index in [4.69, 9.17) is 49.0 Å². The average Bonchev–Trinajstić information content (AvgIpc) is 2.70. The molecule has 0 heterocycles. The number of hydrogen-bond acceptors (Lipinski definition) is 6. The van der Waals surface area contributed by atoms with Crippen LogP contribution in [0.5, 0.6) is 11.5 Å². The van der Waals surface area contributed by atoms with Gasteiger partial charge >= 0.3 is 5.97 Å². The van der Waals surface area contributed by atoms with Crippen LogP contribution in [-0.4, -0.2) is 39.6 Å². The lowest BCUT2D eigenvalue weighted by Crippen LogP contribution is -2.25. The third-order valence-corrected chi connectivity index (χ3v) is 6.36. The maximum atomic E-state index is 12.9. The second-order valence-corrected chi connectivity index (χ2v) is 9.06. The van der Waals surface area contributed by atoms with E-state index in [0.29, 0.717) is 5.75 Å². The molecule has 0 aliphatic rings. The Morgan fingerprint density at radius 3 is 2.20 bits per heavy atom. The molecule has 30 heavy (non-hydrogen) atoms. The molecule has 162 valence electrons. The fourth-order valence-corrected chi connectivity index (χ4v) is 4.55. The first-order chi connectivity index (χ1) is 14.2. The van der Waals surface area contributed by atoms with Crippen LogP contribution in [0.4, 0.5) is 0 Å².